The summed E-state index contributed by atoms with van der Waals surface area (Å²) in [7, 11) is 0. The Hall–Kier alpha value is -1.38. The average Bonchev–Trinajstić information content (AvgIpc) is 2.68. The summed E-state index contributed by atoms with van der Waals surface area (Å²) < 4.78 is 0. The first kappa shape index (κ1) is 11.7. The Balaban J connectivity index is 1.85. The molecule has 1 heterocycles. The van der Waals surface area contributed by atoms with Gasteiger partial charge in [0.15, 0.2) is 0 Å². The van der Waals surface area contributed by atoms with E-state index in [4.69, 9.17) is 17.3 Å². The molecule has 3 heteroatoms. The molecule has 0 amide bonds. The van der Waals surface area contributed by atoms with Crippen LogP contribution >= 0.6 is 11.6 Å². The minimum absolute atomic E-state index is 0.214. The normalized spacial score (nSPS) is 16.6. The number of hydrogen-bond acceptors (Lipinski definition) is 2. The van der Waals surface area contributed by atoms with Gasteiger partial charge in [0.2, 0.25) is 0 Å². The summed E-state index contributed by atoms with van der Waals surface area (Å²) in [6.07, 6.45) is 6.09. The van der Waals surface area contributed by atoms with E-state index in [2.05, 4.69) is 29.2 Å². The Kier molecular flexibility index (Phi) is 2.84. The Morgan fingerprint density at radius 1 is 1.17 bits per heavy atom. The molecule has 0 radical (unpaired) electrons. The lowest BCUT2D eigenvalue weighted by Crippen LogP contribution is -2.43. The molecule has 1 aliphatic carbocycles. The summed E-state index contributed by atoms with van der Waals surface area (Å²) in [4.78, 5) is 4.01. The van der Waals surface area contributed by atoms with Crippen LogP contribution in [0.2, 0.25) is 5.02 Å². The van der Waals surface area contributed by atoms with Crippen molar-refractivity contribution in [3.05, 3.63) is 64.4 Å². The van der Waals surface area contributed by atoms with Crippen LogP contribution < -0.4 is 5.73 Å². The largest absolute Gasteiger partial charge is 0.324 e. The maximum atomic E-state index is 6.53. The van der Waals surface area contributed by atoms with E-state index in [-0.39, 0.29) is 5.54 Å². The van der Waals surface area contributed by atoms with Crippen molar-refractivity contribution in [2.45, 2.75) is 24.8 Å². The number of nitrogens with zero attached hydrogens (tertiary/aromatic N) is 1. The van der Waals surface area contributed by atoms with E-state index in [1.807, 2.05) is 6.07 Å². The first-order valence-electron chi connectivity index (χ1n) is 6.10. The lowest BCUT2D eigenvalue weighted by molar-refractivity contribution is 0.446. The number of aromatic nitrogens is 1. The lowest BCUT2D eigenvalue weighted by atomic mass is 9.89. The van der Waals surface area contributed by atoms with E-state index in [9.17, 15) is 0 Å². The molecule has 1 aromatic heterocycles. The number of benzene rings is 1. The van der Waals surface area contributed by atoms with E-state index < -0.39 is 0 Å². The molecule has 0 fully saturated rings. The van der Waals surface area contributed by atoms with Gasteiger partial charge in [-0.1, -0.05) is 35.9 Å². The van der Waals surface area contributed by atoms with E-state index in [1.165, 1.54) is 11.1 Å². The van der Waals surface area contributed by atoms with Crippen LogP contribution in [0, 0.1) is 0 Å². The van der Waals surface area contributed by atoms with Crippen LogP contribution in [-0.2, 0) is 19.3 Å². The number of nitrogens with two attached hydrogens (primary N) is 1. The highest BCUT2D eigenvalue weighted by Crippen LogP contribution is 2.32. The van der Waals surface area contributed by atoms with Gasteiger partial charge in [-0.05, 0) is 42.0 Å². The second-order valence-corrected chi connectivity index (χ2v) is 5.54. The van der Waals surface area contributed by atoms with Crippen LogP contribution in [0.1, 0.15) is 16.7 Å². The fraction of sp³-hybridized carbons (Fsp3) is 0.267. The van der Waals surface area contributed by atoms with E-state index in [1.54, 1.807) is 12.4 Å². The molecule has 0 saturated carbocycles. The summed E-state index contributed by atoms with van der Waals surface area (Å²) in [6, 6.07) is 10.4. The number of pyridine rings is 1. The van der Waals surface area contributed by atoms with Crippen molar-refractivity contribution in [1.29, 1.82) is 0 Å². The highest BCUT2D eigenvalue weighted by Gasteiger charge is 2.33. The van der Waals surface area contributed by atoms with Gasteiger partial charge in [-0.15, -0.1) is 0 Å². The highest BCUT2D eigenvalue weighted by molar-refractivity contribution is 6.31. The summed E-state index contributed by atoms with van der Waals surface area (Å²) in [5.41, 5.74) is 10.1. The molecular weight excluding hydrogens is 244 g/mol. The smallest absolute Gasteiger partial charge is 0.0621 e. The zero-order valence-corrected chi connectivity index (χ0v) is 10.8. The monoisotopic (exact) mass is 258 g/mol. The predicted molar refractivity (Wildman–Crippen MR) is 73.7 cm³/mol. The minimum atomic E-state index is -0.214. The zero-order chi connectivity index (χ0) is 12.6. The fourth-order valence-electron chi connectivity index (χ4n) is 2.78. The van der Waals surface area contributed by atoms with Gasteiger partial charge in [0.25, 0.3) is 0 Å². The number of halogens is 1. The highest BCUT2D eigenvalue weighted by atomic mass is 35.5. The minimum Gasteiger partial charge on any atom is -0.324 e. The molecule has 0 spiro atoms. The van der Waals surface area contributed by atoms with Crippen LogP contribution in [0.3, 0.4) is 0 Å². The van der Waals surface area contributed by atoms with Crippen LogP contribution in [-0.4, -0.2) is 10.5 Å². The summed E-state index contributed by atoms with van der Waals surface area (Å²) in [6.45, 7) is 0. The Morgan fingerprint density at radius 2 is 1.83 bits per heavy atom. The molecule has 0 atom stereocenters. The van der Waals surface area contributed by atoms with E-state index >= 15 is 0 Å². The molecule has 18 heavy (non-hydrogen) atoms. The summed E-state index contributed by atoms with van der Waals surface area (Å²) in [5.74, 6) is 0. The maximum Gasteiger partial charge on any atom is 0.0621 e. The molecule has 2 N–H and O–H groups in total. The van der Waals surface area contributed by atoms with Gasteiger partial charge >= 0.3 is 0 Å². The van der Waals surface area contributed by atoms with Crippen molar-refractivity contribution in [2.24, 2.45) is 5.73 Å². The quantitative estimate of drug-likeness (QED) is 0.900. The van der Waals surface area contributed by atoms with Crippen LogP contribution in [0.25, 0.3) is 0 Å². The fourth-order valence-corrected chi connectivity index (χ4v) is 2.96. The van der Waals surface area contributed by atoms with Gasteiger partial charge in [0.05, 0.1) is 5.02 Å². The molecule has 92 valence electrons. The van der Waals surface area contributed by atoms with E-state index in [0.717, 1.165) is 24.8 Å². The van der Waals surface area contributed by atoms with Crippen molar-refractivity contribution < 1.29 is 0 Å². The molecule has 3 rings (SSSR count). The van der Waals surface area contributed by atoms with Crippen molar-refractivity contribution in [3.8, 4) is 0 Å². The predicted octanol–water partition coefficient (Wildman–Crippen LogP) is 2.77. The Bertz CT molecular complexity index is 555. The maximum absolute atomic E-state index is 6.53. The van der Waals surface area contributed by atoms with Gasteiger partial charge in [0.1, 0.15) is 0 Å². The zero-order valence-electron chi connectivity index (χ0n) is 10.1. The molecule has 0 unspecified atom stereocenters. The third-order valence-electron chi connectivity index (χ3n) is 3.60. The topological polar surface area (TPSA) is 38.9 Å². The molecule has 0 aliphatic heterocycles. The lowest BCUT2D eigenvalue weighted by Gasteiger charge is -2.24. The first-order chi connectivity index (χ1) is 8.66. The molecule has 0 bridgehead atoms. The van der Waals surface area contributed by atoms with Crippen molar-refractivity contribution in [3.63, 3.8) is 0 Å². The van der Waals surface area contributed by atoms with Crippen molar-refractivity contribution >= 4 is 11.6 Å². The van der Waals surface area contributed by atoms with Gasteiger partial charge in [-0.2, -0.15) is 0 Å². The van der Waals surface area contributed by atoms with Crippen molar-refractivity contribution in [1.82, 2.24) is 4.98 Å². The third-order valence-corrected chi connectivity index (χ3v) is 3.94. The molecule has 1 aromatic carbocycles. The Labute approximate surface area is 112 Å². The van der Waals surface area contributed by atoms with Crippen molar-refractivity contribution in [2.75, 3.05) is 0 Å². The average molecular weight is 259 g/mol. The SMILES string of the molecule is NC1(Cc2ccncc2Cl)Cc2ccccc2C1. The van der Waals surface area contributed by atoms with Gasteiger partial charge in [-0.25, -0.2) is 0 Å². The number of rotatable bonds is 2. The molecule has 2 nitrogen and oxygen atoms in total. The summed E-state index contributed by atoms with van der Waals surface area (Å²) in [5, 5.41) is 0.707. The first-order valence-corrected chi connectivity index (χ1v) is 6.48. The van der Waals surface area contributed by atoms with Gasteiger partial charge in [-0.3, -0.25) is 4.98 Å². The van der Waals surface area contributed by atoms with E-state index in [0.29, 0.717) is 5.02 Å². The van der Waals surface area contributed by atoms with Crippen LogP contribution in [0.15, 0.2) is 42.7 Å². The second-order valence-electron chi connectivity index (χ2n) is 5.13. The molecule has 0 saturated heterocycles. The summed E-state index contributed by atoms with van der Waals surface area (Å²) >= 11 is 6.16. The Morgan fingerprint density at radius 3 is 2.44 bits per heavy atom. The van der Waals surface area contributed by atoms with Crippen LogP contribution in [0.4, 0.5) is 0 Å². The standard InChI is InChI=1S/C15H15ClN2/c16-14-10-18-6-5-13(14)9-15(17)7-11-3-1-2-4-12(11)8-15/h1-6,10H,7-9,17H2. The van der Waals surface area contributed by atoms with Crippen LogP contribution in [0.5, 0.6) is 0 Å². The molecule has 2 aromatic rings. The third kappa shape index (κ3) is 2.14. The number of fused-ring (bicyclic) bond motifs is 1. The van der Waals surface area contributed by atoms with Gasteiger partial charge < -0.3 is 5.73 Å². The number of hydrogen-bond donors (Lipinski definition) is 1. The second kappa shape index (κ2) is 4.38. The molecule has 1 aliphatic rings. The van der Waals surface area contributed by atoms with Gasteiger partial charge in [0, 0.05) is 17.9 Å². The molecular formula is C15H15ClN2.